The third-order valence-electron chi connectivity index (χ3n) is 5.25. The molecule has 2 heterocycles. The summed E-state index contributed by atoms with van der Waals surface area (Å²) in [5, 5.41) is 7.09. The normalized spacial score (nSPS) is 13.8. The molecule has 160 valence electrons. The zero-order valence-corrected chi connectivity index (χ0v) is 17.1. The van der Waals surface area contributed by atoms with Crippen LogP contribution in [0.5, 0.6) is 0 Å². The van der Waals surface area contributed by atoms with Crippen LogP contribution in [-0.2, 0) is 17.9 Å². The molecule has 0 bridgehead atoms. The molecule has 1 aliphatic rings. The molecule has 7 nitrogen and oxygen atoms in total. The first-order valence-corrected chi connectivity index (χ1v) is 10.2. The summed E-state index contributed by atoms with van der Waals surface area (Å²) in [6.07, 6.45) is 0. The van der Waals surface area contributed by atoms with E-state index in [1.807, 2.05) is 18.2 Å². The summed E-state index contributed by atoms with van der Waals surface area (Å²) in [6.45, 7) is 3.23. The molecule has 1 aliphatic heterocycles. The van der Waals surface area contributed by atoms with Crippen molar-refractivity contribution in [1.29, 1.82) is 0 Å². The highest BCUT2D eigenvalue weighted by Gasteiger charge is 2.19. The molecule has 0 unspecified atom stereocenters. The SMILES string of the molecule is O=C(Cn1nc(N2CCN(c3ccccc3)CC2)ccc1=O)NCc1cccc(F)c1. The second kappa shape index (κ2) is 9.42. The van der Waals surface area contributed by atoms with Gasteiger partial charge in [0.05, 0.1) is 0 Å². The number of nitrogens with one attached hydrogen (secondary N) is 1. The van der Waals surface area contributed by atoms with Crippen molar-refractivity contribution in [3.8, 4) is 0 Å². The quantitative estimate of drug-likeness (QED) is 0.660. The van der Waals surface area contributed by atoms with Crippen LogP contribution >= 0.6 is 0 Å². The predicted molar refractivity (Wildman–Crippen MR) is 118 cm³/mol. The lowest BCUT2D eigenvalue weighted by Crippen LogP contribution is -2.47. The van der Waals surface area contributed by atoms with Crippen LogP contribution in [-0.4, -0.2) is 41.9 Å². The van der Waals surface area contributed by atoms with E-state index < -0.39 is 0 Å². The van der Waals surface area contributed by atoms with Gasteiger partial charge in [-0.05, 0) is 35.9 Å². The molecule has 1 fully saturated rings. The van der Waals surface area contributed by atoms with Crippen LogP contribution in [0.3, 0.4) is 0 Å². The number of amides is 1. The van der Waals surface area contributed by atoms with E-state index in [2.05, 4.69) is 32.3 Å². The molecule has 1 amide bonds. The van der Waals surface area contributed by atoms with Gasteiger partial charge in [-0.1, -0.05) is 30.3 Å². The van der Waals surface area contributed by atoms with Crippen molar-refractivity contribution in [2.24, 2.45) is 0 Å². The molecule has 31 heavy (non-hydrogen) atoms. The minimum Gasteiger partial charge on any atom is -0.368 e. The Hall–Kier alpha value is -3.68. The van der Waals surface area contributed by atoms with Crippen LogP contribution in [0, 0.1) is 5.82 Å². The first-order chi connectivity index (χ1) is 15.1. The fourth-order valence-electron chi connectivity index (χ4n) is 3.59. The van der Waals surface area contributed by atoms with Gasteiger partial charge in [0.25, 0.3) is 5.56 Å². The molecule has 8 heteroatoms. The molecule has 0 radical (unpaired) electrons. The number of carbonyl (C=O) groups is 1. The number of halogens is 1. The Morgan fingerprint density at radius 2 is 1.68 bits per heavy atom. The Bertz CT molecular complexity index is 1090. The van der Waals surface area contributed by atoms with Gasteiger partial charge in [0.1, 0.15) is 18.2 Å². The summed E-state index contributed by atoms with van der Waals surface area (Å²) in [6, 6.07) is 19.4. The Morgan fingerprint density at radius 1 is 0.935 bits per heavy atom. The summed E-state index contributed by atoms with van der Waals surface area (Å²) in [5.41, 5.74) is 1.50. The van der Waals surface area contributed by atoms with Gasteiger partial charge in [0.2, 0.25) is 5.91 Å². The van der Waals surface area contributed by atoms with Gasteiger partial charge in [0.15, 0.2) is 0 Å². The van der Waals surface area contributed by atoms with Crippen LogP contribution in [0.1, 0.15) is 5.56 Å². The fraction of sp³-hybridized carbons (Fsp3) is 0.261. The Kier molecular flexibility index (Phi) is 6.26. The van der Waals surface area contributed by atoms with Crippen molar-refractivity contribution in [2.45, 2.75) is 13.1 Å². The number of hydrogen-bond acceptors (Lipinski definition) is 5. The number of hydrogen-bond donors (Lipinski definition) is 1. The van der Waals surface area contributed by atoms with Crippen LogP contribution in [0.4, 0.5) is 15.9 Å². The molecule has 0 spiro atoms. The number of benzene rings is 2. The monoisotopic (exact) mass is 421 g/mol. The number of piperazine rings is 1. The number of para-hydroxylation sites is 1. The average molecular weight is 421 g/mol. The highest BCUT2D eigenvalue weighted by molar-refractivity contribution is 5.75. The van der Waals surface area contributed by atoms with Gasteiger partial charge >= 0.3 is 0 Å². The number of anilines is 2. The highest BCUT2D eigenvalue weighted by atomic mass is 19.1. The largest absolute Gasteiger partial charge is 0.368 e. The second-order valence-corrected chi connectivity index (χ2v) is 7.40. The van der Waals surface area contributed by atoms with E-state index in [-0.39, 0.29) is 30.4 Å². The molecule has 2 aromatic carbocycles. The van der Waals surface area contributed by atoms with E-state index in [9.17, 15) is 14.0 Å². The lowest BCUT2D eigenvalue weighted by atomic mass is 10.2. The topological polar surface area (TPSA) is 70.5 Å². The zero-order chi connectivity index (χ0) is 21.6. The maximum absolute atomic E-state index is 13.3. The van der Waals surface area contributed by atoms with Gasteiger partial charge in [-0.15, -0.1) is 0 Å². The molecular weight excluding hydrogens is 397 g/mol. The Morgan fingerprint density at radius 3 is 2.42 bits per heavy atom. The fourth-order valence-corrected chi connectivity index (χ4v) is 3.59. The average Bonchev–Trinajstić information content (AvgIpc) is 2.80. The summed E-state index contributed by atoms with van der Waals surface area (Å²) in [4.78, 5) is 28.9. The number of rotatable bonds is 6. The van der Waals surface area contributed by atoms with Crippen molar-refractivity contribution in [2.75, 3.05) is 36.0 Å². The summed E-state index contributed by atoms with van der Waals surface area (Å²) in [5.74, 6) is -0.0418. The second-order valence-electron chi connectivity index (χ2n) is 7.40. The summed E-state index contributed by atoms with van der Waals surface area (Å²) in [7, 11) is 0. The van der Waals surface area contributed by atoms with Gasteiger partial charge in [0, 0.05) is 44.5 Å². The molecule has 1 N–H and O–H groups in total. The van der Waals surface area contributed by atoms with Crippen molar-refractivity contribution in [3.63, 3.8) is 0 Å². The smallest absolute Gasteiger partial charge is 0.267 e. The highest BCUT2D eigenvalue weighted by Crippen LogP contribution is 2.18. The summed E-state index contributed by atoms with van der Waals surface area (Å²) < 4.78 is 14.4. The van der Waals surface area contributed by atoms with Gasteiger partial charge in [-0.25, -0.2) is 9.07 Å². The first kappa shape index (κ1) is 20.6. The molecular formula is C23H24FN5O2. The van der Waals surface area contributed by atoms with Gasteiger partial charge in [-0.3, -0.25) is 9.59 Å². The molecule has 4 rings (SSSR count). The number of aromatic nitrogens is 2. The van der Waals surface area contributed by atoms with Crippen LogP contribution in [0.25, 0.3) is 0 Å². The van der Waals surface area contributed by atoms with Crippen molar-refractivity contribution < 1.29 is 9.18 Å². The Labute approximate surface area is 179 Å². The third kappa shape index (κ3) is 5.28. The molecule has 0 atom stereocenters. The van der Waals surface area contributed by atoms with Gasteiger partial charge in [-0.2, -0.15) is 5.10 Å². The van der Waals surface area contributed by atoms with E-state index >= 15 is 0 Å². The van der Waals surface area contributed by atoms with E-state index in [4.69, 9.17) is 0 Å². The number of carbonyl (C=O) groups excluding carboxylic acids is 1. The van der Waals surface area contributed by atoms with E-state index in [1.54, 1.807) is 18.2 Å². The zero-order valence-electron chi connectivity index (χ0n) is 17.1. The standard InChI is InChI=1S/C23H24FN5O2/c24-19-6-4-5-18(15-19)16-25-22(30)17-29-23(31)10-9-21(26-29)28-13-11-27(12-14-28)20-7-2-1-3-8-20/h1-10,15H,11-14,16-17H2,(H,25,30). The van der Waals surface area contributed by atoms with Crippen molar-refractivity contribution in [3.05, 3.63) is 88.5 Å². The third-order valence-corrected chi connectivity index (χ3v) is 5.25. The molecule has 1 aromatic heterocycles. The molecule has 0 aliphatic carbocycles. The lowest BCUT2D eigenvalue weighted by molar-refractivity contribution is -0.122. The van der Waals surface area contributed by atoms with E-state index in [1.165, 1.54) is 28.6 Å². The van der Waals surface area contributed by atoms with Crippen molar-refractivity contribution in [1.82, 2.24) is 15.1 Å². The maximum Gasteiger partial charge on any atom is 0.267 e. The molecule has 0 saturated carbocycles. The predicted octanol–water partition coefficient (Wildman–Crippen LogP) is 2.03. The summed E-state index contributed by atoms with van der Waals surface area (Å²) >= 11 is 0. The number of nitrogens with zero attached hydrogens (tertiary/aromatic N) is 4. The van der Waals surface area contributed by atoms with E-state index in [0.717, 1.165) is 26.2 Å². The van der Waals surface area contributed by atoms with E-state index in [0.29, 0.717) is 11.4 Å². The minimum absolute atomic E-state index is 0.187. The molecule has 3 aromatic rings. The van der Waals surface area contributed by atoms with Crippen molar-refractivity contribution >= 4 is 17.4 Å². The maximum atomic E-state index is 13.3. The molecule has 1 saturated heterocycles. The minimum atomic E-state index is -0.357. The lowest BCUT2D eigenvalue weighted by Gasteiger charge is -2.36. The first-order valence-electron chi connectivity index (χ1n) is 10.2. The Balaban J connectivity index is 1.36. The van der Waals surface area contributed by atoms with Crippen LogP contribution in [0.2, 0.25) is 0 Å². The van der Waals surface area contributed by atoms with Gasteiger partial charge < -0.3 is 15.1 Å². The van der Waals surface area contributed by atoms with Crippen LogP contribution < -0.4 is 20.7 Å². The van der Waals surface area contributed by atoms with Crippen LogP contribution in [0.15, 0.2) is 71.5 Å².